The van der Waals surface area contributed by atoms with Crippen LogP contribution in [0.1, 0.15) is 81.9 Å². The maximum Gasteiger partial charge on any atom is 0.410 e. The van der Waals surface area contributed by atoms with Crippen LogP contribution in [-0.4, -0.2) is 70.7 Å². The lowest BCUT2D eigenvalue weighted by Crippen LogP contribution is -2.45. The lowest BCUT2D eigenvalue weighted by molar-refractivity contribution is -0.155. The Bertz CT molecular complexity index is 1030. The second-order valence-corrected chi connectivity index (χ2v) is 11.2. The van der Waals surface area contributed by atoms with E-state index in [2.05, 4.69) is 0 Å². The number of fused-ring (bicyclic) bond motifs is 1. The molecule has 1 fully saturated rings. The van der Waals surface area contributed by atoms with Gasteiger partial charge in [-0.2, -0.15) is 0 Å². The van der Waals surface area contributed by atoms with Gasteiger partial charge in [0.25, 0.3) is 5.91 Å². The van der Waals surface area contributed by atoms with Crippen molar-refractivity contribution in [2.24, 2.45) is 5.73 Å². The third-order valence-electron chi connectivity index (χ3n) is 5.85. The number of nitrogens with zero attached hydrogens (tertiary/aromatic N) is 2. The summed E-state index contributed by atoms with van der Waals surface area (Å²) in [4.78, 5) is 53.4. The number of benzene rings is 1. The molecule has 0 aromatic heterocycles. The van der Waals surface area contributed by atoms with E-state index in [0.29, 0.717) is 25.3 Å². The number of hydrogen-bond donors (Lipinski definition) is 1. The van der Waals surface area contributed by atoms with E-state index in [0.717, 1.165) is 11.1 Å². The van der Waals surface area contributed by atoms with Crippen LogP contribution in [0.2, 0.25) is 0 Å². The van der Waals surface area contributed by atoms with Crippen molar-refractivity contribution >= 4 is 23.9 Å². The minimum Gasteiger partial charge on any atom is -0.460 e. The number of rotatable bonds is 6. The highest BCUT2D eigenvalue weighted by Crippen LogP contribution is 2.32. The molecular formula is C26H37N3O7. The average molecular weight is 504 g/mol. The fourth-order valence-electron chi connectivity index (χ4n) is 4.34. The standard InChI is InChI=1S/C26H37N3O7/c1-25(2,3)35-21(30)10-9-19(22(27)31)29-14-17-13-16(7-8-18(17)23(29)32)20-15-34-12-11-28(20)24(33)36-26(4,5)6/h7-8,13,19-20H,9-12,14-15H2,1-6H3,(H2,27,31). The van der Waals surface area contributed by atoms with Crippen LogP contribution in [0.15, 0.2) is 18.2 Å². The predicted octanol–water partition coefficient (Wildman–Crippen LogP) is 2.93. The Hall–Kier alpha value is -3.14. The van der Waals surface area contributed by atoms with E-state index in [9.17, 15) is 19.2 Å². The van der Waals surface area contributed by atoms with Crippen molar-refractivity contribution in [3.05, 3.63) is 34.9 Å². The summed E-state index contributed by atoms with van der Waals surface area (Å²) < 4.78 is 16.5. The first-order chi connectivity index (χ1) is 16.7. The van der Waals surface area contributed by atoms with E-state index >= 15 is 0 Å². The monoisotopic (exact) mass is 503 g/mol. The van der Waals surface area contributed by atoms with Crippen molar-refractivity contribution in [2.75, 3.05) is 19.8 Å². The molecule has 2 unspecified atom stereocenters. The molecule has 0 bridgehead atoms. The second kappa shape index (κ2) is 10.5. The third kappa shape index (κ3) is 6.75. The Labute approximate surface area is 212 Å². The first-order valence-electron chi connectivity index (χ1n) is 12.2. The predicted molar refractivity (Wildman–Crippen MR) is 131 cm³/mol. The minimum absolute atomic E-state index is 0.0412. The molecule has 0 radical (unpaired) electrons. The van der Waals surface area contributed by atoms with Gasteiger partial charge in [0.1, 0.15) is 17.2 Å². The molecule has 2 aliphatic heterocycles. The number of primary amides is 1. The Morgan fingerprint density at radius 2 is 1.78 bits per heavy atom. The molecule has 2 heterocycles. The molecule has 36 heavy (non-hydrogen) atoms. The first kappa shape index (κ1) is 27.4. The number of nitrogens with two attached hydrogens (primary N) is 1. The Balaban J connectivity index is 1.77. The van der Waals surface area contributed by atoms with E-state index in [1.807, 2.05) is 26.8 Å². The molecule has 0 saturated carbocycles. The van der Waals surface area contributed by atoms with Gasteiger partial charge in [-0.05, 0) is 65.2 Å². The first-order valence-corrected chi connectivity index (χ1v) is 12.2. The van der Waals surface area contributed by atoms with Gasteiger partial charge < -0.3 is 24.8 Å². The van der Waals surface area contributed by atoms with Crippen molar-refractivity contribution in [1.29, 1.82) is 0 Å². The molecule has 0 aliphatic carbocycles. The van der Waals surface area contributed by atoms with Crippen LogP contribution < -0.4 is 5.73 Å². The Morgan fingerprint density at radius 3 is 2.39 bits per heavy atom. The number of ether oxygens (including phenoxy) is 3. The molecule has 198 valence electrons. The summed E-state index contributed by atoms with van der Waals surface area (Å²) in [5.41, 5.74) is 6.32. The van der Waals surface area contributed by atoms with E-state index in [-0.39, 0.29) is 31.3 Å². The van der Waals surface area contributed by atoms with Gasteiger partial charge in [0.15, 0.2) is 0 Å². The van der Waals surface area contributed by atoms with Crippen LogP contribution in [0.5, 0.6) is 0 Å². The highest BCUT2D eigenvalue weighted by Gasteiger charge is 2.38. The Kier molecular flexibility index (Phi) is 7.97. The summed E-state index contributed by atoms with van der Waals surface area (Å²) in [6, 6.07) is 4.02. The number of amides is 3. The van der Waals surface area contributed by atoms with Crippen LogP contribution in [-0.2, 0) is 30.3 Å². The second-order valence-electron chi connectivity index (χ2n) is 11.2. The lowest BCUT2D eigenvalue weighted by Gasteiger charge is -2.37. The average Bonchev–Trinajstić information content (AvgIpc) is 3.07. The molecule has 1 aromatic carbocycles. The summed E-state index contributed by atoms with van der Waals surface area (Å²) >= 11 is 0. The van der Waals surface area contributed by atoms with Crippen molar-refractivity contribution in [3.8, 4) is 0 Å². The van der Waals surface area contributed by atoms with Gasteiger partial charge in [0.2, 0.25) is 5.91 Å². The molecule has 2 aliphatic rings. The van der Waals surface area contributed by atoms with E-state index in [4.69, 9.17) is 19.9 Å². The van der Waals surface area contributed by atoms with Crippen LogP contribution in [0.4, 0.5) is 4.79 Å². The fraction of sp³-hybridized carbons (Fsp3) is 0.615. The Morgan fingerprint density at radius 1 is 1.11 bits per heavy atom. The third-order valence-corrected chi connectivity index (χ3v) is 5.85. The molecule has 10 nitrogen and oxygen atoms in total. The zero-order valence-electron chi connectivity index (χ0n) is 22.0. The summed E-state index contributed by atoms with van der Waals surface area (Å²) in [5, 5.41) is 0. The SMILES string of the molecule is CC(C)(C)OC(=O)CCC(C(N)=O)N1Cc2cc(C3COCCN3C(=O)OC(C)(C)C)ccc2C1=O. The highest BCUT2D eigenvalue weighted by molar-refractivity contribution is 6.01. The molecule has 3 rings (SSSR count). The van der Waals surface area contributed by atoms with Gasteiger partial charge in [-0.1, -0.05) is 12.1 Å². The van der Waals surface area contributed by atoms with Crippen LogP contribution in [0.25, 0.3) is 0 Å². The molecule has 1 saturated heterocycles. The molecule has 1 aromatic rings. The molecule has 2 N–H and O–H groups in total. The smallest absolute Gasteiger partial charge is 0.410 e. The van der Waals surface area contributed by atoms with E-state index in [1.165, 1.54) is 4.90 Å². The number of morpholine rings is 1. The molecule has 2 atom stereocenters. The normalized spacial score (nSPS) is 19.1. The zero-order valence-corrected chi connectivity index (χ0v) is 22.0. The molecule has 10 heteroatoms. The molecule has 0 spiro atoms. The maximum atomic E-state index is 13.1. The van der Waals surface area contributed by atoms with Crippen LogP contribution >= 0.6 is 0 Å². The van der Waals surface area contributed by atoms with Gasteiger partial charge in [0.05, 0.1) is 19.3 Å². The van der Waals surface area contributed by atoms with Crippen LogP contribution in [0.3, 0.4) is 0 Å². The summed E-state index contributed by atoms with van der Waals surface area (Å²) in [6.45, 7) is 12.0. The fourth-order valence-corrected chi connectivity index (χ4v) is 4.34. The van der Waals surface area contributed by atoms with Gasteiger partial charge >= 0.3 is 12.1 Å². The minimum atomic E-state index is -0.947. The van der Waals surface area contributed by atoms with Gasteiger partial charge in [-0.25, -0.2) is 4.79 Å². The van der Waals surface area contributed by atoms with Gasteiger partial charge in [0, 0.05) is 25.1 Å². The summed E-state index contributed by atoms with van der Waals surface area (Å²) in [6.07, 6.45) is -0.398. The van der Waals surface area contributed by atoms with Gasteiger partial charge in [-0.3, -0.25) is 19.3 Å². The van der Waals surface area contributed by atoms with Crippen molar-refractivity contribution in [1.82, 2.24) is 9.80 Å². The number of esters is 1. The largest absolute Gasteiger partial charge is 0.460 e. The summed E-state index contributed by atoms with van der Waals surface area (Å²) in [5.74, 6) is -1.47. The summed E-state index contributed by atoms with van der Waals surface area (Å²) in [7, 11) is 0. The van der Waals surface area contributed by atoms with E-state index < -0.39 is 35.2 Å². The lowest BCUT2D eigenvalue weighted by atomic mass is 10.00. The maximum absolute atomic E-state index is 13.1. The topological polar surface area (TPSA) is 128 Å². The van der Waals surface area contributed by atoms with Crippen molar-refractivity contribution in [2.45, 2.75) is 84.2 Å². The number of carbonyl (C=O) groups excluding carboxylic acids is 4. The number of carbonyl (C=O) groups is 4. The molecule has 3 amide bonds. The van der Waals surface area contributed by atoms with Crippen LogP contribution in [0, 0.1) is 0 Å². The number of hydrogen-bond acceptors (Lipinski definition) is 7. The van der Waals surface area contributed by atoms with Crippen molar-refractivity contribution < 1.29 is 33.4 Å². The van der Waals surface area contributed by atoms with E-state index in [1.54, 1.807) is 37.8 Å². The quantitative estimate of drug-likeness (QED) is 0.591. The highest BCUT2D eigenvalue weighted by atomic mass is 16.6. The van der Waals surface area contributed by atoms with Crippen molar-refractivity contribution in [3.63, 3.8) is 0 Å². The van der Waals surface area contributed by atoms with Gasteiger partial charge in [-0.15, -0.1) is 0 Å². The zero-order chi connectivity index (χ0) is 26.8. The molecular weight excluding hydrogens is 466 g/mol.